The van der Waals surface area contributed by atoms with Gasteiger partial charge in [-0.2, -0.15) is 4.62 Å². The molecule has 1 atom stereocenters. The molecular weight excluding hydrogens is 195 g/mol. The van der Waals surface area contributed by atoms with Gasteiger partial charge < -0.3 is 4.89 Å². The van der Waals surface area contributed by atoms with Gasteiger partial charge in [-0.3, -0.25) is 9.52 Å². The monoisotopic (exact) mass is 206 g/mol. The fourth-order valence-electron chi connectivity index (χ4n) is 0.728. The second-order valence-electron chi connectivity index (χ2n) is 2.30. The molecule has 1 aliphatic rings. The topological polar surface area (TPSA) is 71.4 Å². The molecule has 0 aromatic heterocycles. The highest BCUT2D eigenvalue weighted by Gasteiger charge is 2.25. The van der Waals surface area contributed by atoms with E-state index in [4.69, 9.17) is 4.89 Å². The summed E-state index contributed by atoms with van der Waals surface area (Å²) in [5.41, 5.74) is 0. The lowest BCUT2D eigenvalue weighted by molar-refractivity contribution is -0.00723. The van der Waals surface area contributed by atoms with E-state index < -0.39 is 7.82 Å². The summed E-state index contributed by atoms with van der Waals surface area (Å²) in [6, 6.07) is 0. The number of hydroxylamine groups is 2. The molecule has 1 unspecified atom stereocenters. The summed E-state index contributed by atoms with van der Waals surface area (Å²) in [7, 11) is -3.99. The summed E-state index contributed by atoms with van der Waals surface area (Å²) >= 11 is 0. The van der Waals surface area contributed by atoms with Crippen molar-refractivity contribution in [1.82, 2.24) is 5.06 Å². The Bertz CT molecular complexity index is 255. The smallest absolute Gasteiger partial charge is 0.301 e. The van der Waals surface area contributed by atoms with Crippen LogP contribution in [0.25, 0.3) is 0 Å². The Hall–Kier alpha value is -0.680. The number of hydrogen-bond acceptors (Lipinski definition) is 5. The van der Waals surface area contributed by atoms with Crippen molar-refractivity contribution in [3.8, 4) is 0 Å². The molecular formula is C6H11N2O4P. The Balaban J connectivity index is 2.36. The number of rotatable bonds is 5. The molecule has 1 N–H and O–H groups in total. The van der Waals surface area contributed by atoms with Gasteiger partial charge in [0.05, 0.1) is 19.7 Å². The molecule has 0 saturated heterocycles. The minimum absolute atomic E-state index is 0.0290. The Morgan fingerprint density at radius 1 is 1.85 bits per heavy atom. The van der Waals surface area contributed by atoms with E-state index in [0.717, 1.165) is 0 Å². The molecule has 1 heterocycles. The minimum Gasteiger partial charge on any atom is -0.301 e. The van der Waals surface area contributed by atoms with Crippen molar-refractivity contribution < 1.29 is 18.6 Å². The van der Waals surface area contributed by atoms with E-state index in [9.17, 15) is 4.57 Å². The third-order valence-corrected chi connectivity index (χ3v) is 2.11. The zero-order valence-electron chi connectivity index (χ0n) is 7.00. The maximum Gasteiger partial charge on any atom is 0.494 e. The molecule has 0 saturated carbocycles. The first kappa shape index (κ1) is 10.4. The predicted molar refractivity (Wildman–Crippen MR) is 47.1 cm³/mol. The van der Waals surface area contributed by atoms with Crippen LogP contribution in [0.4, 0.5) is 0 Å². The molecule has 0 aromatic rings. The summed E-state index contributed by atoms with van der Waals surface area (Å²) in [6.45, 7) is 4.33. The van der Waals surface area contributed by atoms with Gasteiger partial charge >= 0.3 is 7.82 Å². The van der Waals surface area contributed by atoms with E-state index in [0.29, 0.717) is 13.1 Å². The summed E-state index contributed by atoms with van der Waals surface area (Å²) in [5, 5.41) is 1.17. The first-order chi connectivity index (χ1) is 6.14. The van der Waals surface area contributed by atoms with Crippen LogP contribution >= 0.6 is 7.82 Å². The third kappa shape index (κ3) is 3.69. The summed E-state index contributed by atoms with van der Waals surface area (Å²) in [5.74, 6) is 0. The van der Waals surface area contributed by atoms with Crippen molar-refractivity contribution in [2.45, 2.75) is 0 Å². The summed E-state index contributed by atoms with van der Waals surface area (Å²) in [4.78, 5) is 12.9. The third-order valence-electron chi connectivity index (χ3n) is 1.22. The van der Waals surface area contributed by atoms with Gasteiger partial charge in [0.15, 0.2) is 0 Å². The van der Waals surface area contributed by atoms with Crippen molar-refractivity contribution >= 4 is 14.2 Å². The van der Waals surface area contributed by atoms with Crippen LogP contribution in [0.2, 0.25) is 0 Å². The van der Waals surface area contributed by atoms with Gasteiger partial charge in [0, 0.05) is 0 Å². The van der Waals surface area contributed by atoms with Crippen molar-refractivity contribution in [2.24, 2.45) is 4.99 Å². The zero-order chi connectivity index (χ0) is 9.73. The number of phosphoric ester groups is 1. The number of aliphatic imine (C=N–C) groups is 1. The largest absolute Gasteiger partial charge is 0.494 e. The lowest BCUT2D eigenvalue weighted by Gasteiger charge is -2.16. The standard InChI is InChI=1S/C6H11N2O4P/c1-2-5-11-13(9,10)12-8-4-3-7-6-8/h2,6H,1,3-5H2,(H,9,10). The van der Waals surface area contributed by atoms with Crippen molar-refractivity contribution in [1.29, 1.82) is 0 Å². The van der Waals surface area contributed by atoms with Crippen LogP contribution in [-0.4, -0.2) is 36.0 Å². The van der Waals surface area contributed by atoms with E-state index in [1.807, 2.05) is 0 Å². The Kier molecular flexibility index (Phi) is 3.62. The van der Waals surface area contributed by atoms with E-state index in [1.165, 1.54) is 17.5 Å². The molecule has 6 nitrogen and oxygen atoms in total. The van der Waals surface area contributed by atoms with E-state index in [2.05, 4.69) is 20.7 Å². The molecule has 0 aromatic carbocycles. The van der Waals surface area contributed by atoms with Gasteiger partial charge in [0.1, 0.15) is 6.34 Å². The van der Waals surface area contributed by atoms with Gasteiger partial charge in [-0.15, -0.1) is 6.58 Å². The molecule has 1 aliphatic heterocycles. The minimum atomic E-state index is -3.99. The van der Waals surface area contributed by atoms with Crippen LogP contribution in [0.3, 0.4) is 0 Å². The number of nitrogens with zero attached hydrogens (tertiary/aromatic N) is 2. The van der Waals surface area contributed by atoms with Gasteiger partial charge in [-0.1, -0.05) is 6.08 Å². The normalized spacial score (nSPS) is 20.2. The summed E-state index contributed by atoms with van der Waals surface area (Å²) in [6.07, 6.45) is 2.71. The van der Waals surface area contributed by atoms with Crippen LogP contribution in [0.5, 0.6) is 0 Å². The Labute approximate surface area is 76.0 Å². The maximum absolute atomic E-state index is 11.1. The molecule has 1 rings (SSSR count). The molecule has 0 bridgehead atoms. The second kappa shape index (κ2) is 4.53. The predicted octanol–water partition coefficient (Wildman–Crippen LogP) is 0.565. The average Bonchev–Trinajstić information content (AvgIpc) is 2.52. The van der Waals surface area contributed by atoms with Crippen molar-refractivity contribution in [2.75, 3.05) is 19.7 Å². The highest BCUT2D eigenvalue weighted by atomic mass is 31.2. The second-order valence-corrected chi connectivity index (χ2v) is 3.66. The van der Waals surface area contributed by atoms with Crippen molar-refractivity contribution in [3.63, 3.8) is 0 Å². The van der Waals surface area contributed by atoms with Gasteiger partial charge in [0.2, 0.25) is 0 Å². The highest BCUT2D eigenvalue weighted by molar-refractivity contribution is 7.47. The van der Waals surface area contributed by atoms with Gasteiger partial charge in [-0.05, 0) is 0 Å². The van der Waals surface area contributed by atoms with Crippen LogP contribution < -0.4 is 0 Å². The fourth-order valence-corrected chi connectivity index (χ4v) is 1.46. The quantitative estimate of drug-likeness (QED) is 0.525. The number of hydrogen-bond donors (Lipinski definition) is 1. The van der Waals surface area contributed by atoms with Gasteiger partial charge in [-0.25, -0.2) is 9.63 Å². The molecule has 0 amide bonds. The van der Waals surface area contributed by atoms with E-state index in [-0.39, 0.29) is 6.61 Å². The molecule has 13 heavy (non-hydrogen) atoms. The average molecular weight is 206 g/mol. The molecule has 0 fully saturated rings. The number of phosphoric acid groups is 1. The van der Waals surface area contributed by atoms with Crippen LogP contribution in [0.15, 0.2) is 17.6 Å². The molecule has 0 radical (unpaired) electrons. The van der Waals surface area contributed by atoms with E-state index >= 15 is 0 Å². The van der Waals surface area contributed by atoms with Crippen LogP contribution in [-0.2, 0) is 13.7 Å². The zero-order valence-corrected chi connectivity index (χ0v) is 7.89. The molecule has 0 aliphatic carbocycles. The van der Waals surface area contributed by atoms with E-state index in [1.54, 1.807) is 0 Å². The van der Waals surface area contributed by atoms with Crippen LogP contribution in [0.1, 0.15) is 0 Å². The van der Waals surface area contributed by atoms with Crippen molar-refractivity contribution in [3.05, 3.63) is 12.7 Å². The van der Waals surface area contributed by atoms with Gasteiger partial charge in [0.25, 0.3) is 0 Å². The lowest BCUT2D eigenvalue weighted by Crippen LogP contribution is -2.19. The Morgan fingerprint density at radius 2 is 2.62 bits per heavy atom. The maximum atomic E-state index is 11.1. The summed E-state index contributed by atoms with van der Waals surface area (Å²) < 4.78 is 20.2. The molecule has 0 spiro atoms. The SMILES string of the molecule is C=CCOP(=O)(O)ON1C=NCC1. The first-order valence-electron chi connectivity index (χ1n) is 3.68. The Morgan fingerprint density at radius 3 is 3.15 bits per heavy atom. The molecule has 74 valence electrons. The highest BCUT2D eigenvalue weighted by Crippen LogP contribution is 2.43. The fraction of sp³-hybridized carbons (Fsp3) is 0.500. The molecule has 7 heteroatoms. The van der Waals surface area contributed by atoms with Crippen LogP contribution in [0, 0.1) is 0 Å². The lowest BCUT2D eigenvalue weighted by atomic mass is 10.7. The first-order valence-corrected chi connectivity index (χ1v) is 5.18.